The third-order valence-corrected chi connectivity index (χ3v) is 3.86. The van der Waals surface area contributed by atoms with E-state index >= 15 is 0 Å². The van der Waals surface area contributed by atoms with Crippen LogP contribution in [0.4, 0.5) is 15.9 Å². The molecule has 0 unspecified atom stereocenters. The van der Waals surface area contributed by atoms with Crippen LogP contribution in [0, 0.1) is 5.82 Å². The minimum Gasteiger partial charge on any atom is -0.380 e. The van der Waals surface area contributed by atoms with Gasteiger partial charge in [0.1, 0.15) is 17.3 Å². The van der Waals surface area contributed by atoms with Gasteiger partial charge >= 0.3 is 0 Å². The lowest BCUT2D eigenvalue weighted by Gasteiger charge is -2.18. The van der Waals surface area contributed by atoms with Crippen LogP contribution < -0.4 is 10.6 Å². The molecule has 7 nitrogen and oxygen atoms in total. The first kappa shape index (κ1) is 17.5. The van der Waals surface area contributed by atoms with Crippen LogP contribution in [0.15, 0.2) is 47.7 Å². The molecule has 1 aromatic heterocycles. The van der Waals surface area contributed by atoms with Crippen LogP contribution in [0.1, 0.15) is 21.3 Å². The van der Waals surface area contributed by atoms with E-state index in [0.717, 1.165) is 11.3 Å². The first-order valence-corrected chi connectivity index (χ1v) is 8.11. The normalized spacial score (nSPS) is 14.0. The quantitative estimate of drug-likeness (QED) is 0.859. The van der Waals surface area contributed by atoms with E-state index in [1.807, 2.05) is 6.07 Å². The van der Waals surface area contributed by atoms with E-state index in [9.17, 15) is 14.0 Å². The predicted molar refractivity (Wildman–Crippen MR) is 100 cm³/mol. The van der Waals surface area contributed by atoms with E-state index in [-0.39, 0.29) is 26.9 Å². The van der Waals surface area contributed by atoms with E-state index in [0.29, 0.717) is 24.5 Å². The summed E-state index contributed by atoms with van der Waals surface area (Å²) in [5.74, 6) is -0.391. The maximum absolute atomic E-state index is 13.2. The standard InChI is InChI=1S/C18H18FN5O2.2H2/c1-24-17(25)8-6-15(23-24)18(26)22-16-7-5-14(11-21-16)20-10-12-3-2-4-13(19)9-12;;/h2-5,7,9,11,20H,6,8,10H2,1H3,(H,21,22,26);2*1H. The number of pyridine rings is 1. The number of nitrogens with zero attached hydrogens (tertiary/aromatic N) is 3. The molecule has 0 bridgehead atoms. The highest BCUT2D eigenvalue weighted by Crippen LogP contribution is 2.13. The molecule has 0 radical (unpaired) electrons. The number of benzene rings is 1. The molecule has 0 atom stereocenters. The summed E-state index contributed by atoms with van der Waals surface area (Å²) in [4.78, 5) is 27.7. The monoisotopic (exact) mass is 359 g/mol. The summed E-state index contributed by atoms with van der Waals surface area (Å²) >= 11 is 0. The zero-order valence-electron chi connectivity index (χ0n) is 14.2. The molecule has 26 heavy (non-hydrogen) atoms. The lowest BCUT2D eigenvalue weighted by molar-refractivity contribution is -0.130. The molecule has 0 saturated heterocycles. The van der Waals surface area contributed by atoms with Crippen LogP contribution in [-0.4, -0.2) is 34.6 Å². The Morgan fingerprint density at radius 1 is 1.31 bits per heavy atom. The molecular formula is C18H22FN5O2. The van der Waals surface area contributed by atoms with Gasteiger partial charge < -0.3 is 10.6 Å². The van der Waals surface area contributed by atoms with E-state index in [4.69, 9.17) is 0 Å². The Balaban J connectivity index is 0.00000196. The van der Waals surface area contributed by atoms with Crippen molar-refractivity contribution in [3.05, 3.63) is 54.0 Å². The molecule has 2 heterocycles. The van der Waals surface area contributed by atoms with Crippen LogP contribution in [0.2, 0.25) is 0 Å². The van der Waals surface area contributed by atoms with Crippen LogP contribution in [-0.2, 0) is 16.1 Å². The number of aromatic nitrogens is 1. The topological polar surface area (TPSA) is 86.7 Å². The zero-order valence-corrected chi connectivity index (χ0v) is 14.2. The van der Waals surface area contributed by atoms with Crippen molar-refractivity contribution in [3.8, 4) is 0 Å². The summed E-state index contributed by atoms with van der Waals surface area (Å²) in [5, 5.41) is 10.9. The average Bonchev–Trinajstić information content (AvgIpc) is 2.63. The molecule has 2 N–H and O–H groups in total. The molecule has 0 saturated carbocycles. The Labute approximate surface area is 152 Å². The van der Waals surface area contributed by atoms with Crippen molar-refractivity contribution in [2.75, 3.05) is 17.7 Å². The smallest absolute Gasteiger partial charge is 0.273 e. The van der Waals surface area contributed by atoms with E-state index in [1.54, 1.807) is 24.4 Å². The molecule has 1 aliphatic heterocycles. The van der Waals surface area contributed by atoms with Gasteiger partial charge in [0.25, 0.3) is 5.91 Å². The minimum absolute atomic E-state index is 0. The van der Waals surface area contributed by atoms with Gasteiger partial charge in [-0.3, -0.25) is 9.59 Å². The van der Waals surface area contributed by atoms with Crippen LogP contribution >= 0.6 is 0 Å². The van der Waals surface area contributed by atoms with Crippen molar-refractivity contribution in [1.82, 2.24) is 9.99 Å². The number of nitrogens with one attached hydrogen (secondary N) is 2. The molecule has 2 amide bonds. The highest BCUT2D eigenvalue weighted by molar-refractivity contribution is 6.43. The SMILES string of the molecule is CN1N=C(C(=O)Nc2ccc(NCc3cccc(F)c3)cn2)CCC1=O.[HH].[HH]. The number of carbonyl (C=O) groups is 2. The molecule has 2 aromatic rings. The van der Waals surface area contributed by atoms with Crippen LogP contribution in [0.5, 0.6) is 0 Å². The molecule has 1 aromatic carbocycles. The van der Waals surface area contributed by atoms with Crippen LogP contribution in [0.3, 0.4) is 0 Å². The number of rotatable bonds is 5. The average molecular weight is 359 g/mol. The predicted octanol–water partition coefficient (Wildman–Crippen LogP) is 2.87. The van der Waals surface area contributed by atoms with Crippen molar-refractivity contribution in [2.24, 2.45) is 5.10 Å². The van der Waals surface area contributed by atoms with Gasteiger partial charge in [-0.05, 0) is 29.8 Å². The molecule has 138 valence electrons. The van der Waals surface area contributed by atoms with Gasteiger partial charge in [0, 0.05) is 29.3 Å². The maximum Gasteiger partial charge on any atom is 0.273 e. The maximum atomic E-state index is 13.2. The summed E-state index contributed by atoms with van der Waals surface area (Å²) in [6.07, 6.45) is 2.15. The fourth-order valence-corrected chi connectivity index (χ4v) is 2.44. The Morgan fingerprint density at radius 2 is 2.15 bits per heavy atom. The van der Waals surface area contributed by atoms with Crippen molar-refractivity contribution < 1.29 is 16.8 Å². The molecule has 0 spiro atoms. The Hall–Kier alpha value is -3.29. The van der Waals surface area contributed by atoms with Crippen molar-refractivity contribution in [1.29, 1.82) is 0 Å². The number of anilines is 2. The lowest BCUT2D eigenvalue weighted by Crippen LogP contribution is -2.34. The zero-order chi connectivity index (χ0) is 18.5. The van der Waals surface area contributed by atoms with Gasteiger partial charge in [0.05, 0.1) is 11.9 Å². The minimum atomic E-state index is -0.377. The van der Waals surface area contributed by atoms with Gasteiger partial charge in [-0.2, -0.15) is 5.10 Å². The second-order valence-corrected chi connectivity index (χ2v) is 5.83. The van der Waals surface area contributed by atoms with E-state index < -0.39 is 0 Å². The summed E-state index contributed by atoms with van der Waals surface area (Å²) in [7, 11) is 1.52. The van der Waals surface area contributed by atoms with Crippen molar-refractivity contribution >= 4 is 29.0 Å². The summed E-state index contributed by atoms with van der Waals surface area (Å²) < 4.78 is 13.2. The lowest BCUT2D eigenvalue weighted by atomic mass is 10.1. The highest BCUT2D eigenvalue weighted by Gasteiger charge is 2.22. The third kappa shape index (κ3) is 4.41. The number of hydrogen-bond donors (Lipinski definition) is 2. The first-order valence-electron chi connectivity index (χ1n) is 8.11. The number of amides is 2. The van der Waals surface area contributed by atoms with Crippen molar-refractivity contribution in [2.45, 2.75) is 19.4 Å². The summed E-state index contributed by atoms with van der Waals surface area (Å²) in [5.41, 5.74) is 1.85. The number of hydrazone groups is 1. The Morgan fingerprint density at radius 3 is 2.85 bits per heavy atom. The summed E-state index contributed by atoms with van der Waals surface area (Å²) in [6, 6.07) is 9.76. The molecule has 1 aliphatic rings. The second-order valence-electron chi connectivity index (χ2n) is 5.83. The van der Waals surface area contributed by atoms with Gasteiger partial charge in [0.2, 0.25) is 5.91 Å². The fourth-order valence-electron chi connectivity index (χ4n) is 2.44. The fraction of sp³-hybridized carbons (Fsp3) is 0.222. The van der Waals surface area contributed by atoms with Gasteiger partial charge in [0.15, 0.2) is 0 Å². The highest BCUT2D eigenvalue weighted by atomic mass is 19.1. The molecule has 0 fully saturated rings. The Kier molecular flexibility index (Phi) is 5.21. The van der Waals surface area contributed by atoms with E-state index in [2.05, 4.69) is 20.7 Å². The number of carbonyl (C=O) groups excluding carboxylic acids is 2. The third-order valence-electron chi connectivity index (χ3n) is 3.86. The molecule has 0 aliphatic carbocycles. The molecule has 3 rings (SSSR count). The number of halogens is 1. The second kappa shape index (κ2) is 7.73. The van der Waals surface area contributed by atoms with Gasteiger partial charge in [-0.15, -0.1) is 0 Å². The summed E-state index contributed by atoms with van der Waals surface area (Å²) in [6.45, 7) is 0.461. The van der Waals surface area contributed by atoms with Gasteiger partial charge in [-0.1, -0.05) is 12.1 Å². The van der Waals surface area contributed by atoms with Gasteiger partial charge in [-0.25, -0.2) is 14.4 Å². The van der Waals surface area contributed by atoms with Crippen LogP contribution in [0.25, 0.3) is 0 Å². The Bertz CT molecular complexity index is 861. The van der Waals surface area contributed by atoms with Crippen molar-refractivity contribution in [3.63, 3.8) is 0 Å². The largest absolute Gasteiger partial charge is 0.380 e. The first-order chi connectivity index (χ1) is 12.5. The number of hydrogen-bond acceptors (Lipinski definition) is 5. The molecule has 8 heteroatoms. The van der Waals surface area contributed by atoms with E-state index in [1.165, 1.54) is 24.2 Å². The molecular weight excluding hydrogens is 337 g/mol.